The number of likely N-dealkylation sites (tertiary alicyclic amines) is 1. The largest absolute Gasteiger partial charge is 0.337 e. The van der Waals surface area contributed by atoms with Crippen molar-refractivity contribution < 1.29 is 4.79 Å². The Morgan fingerprint density at radius 3 is 2.31 bits per heavy atom. The number of carbonyl (C=O) groups is 1. The molecular formula is C27H38Cl2N2O. The third-order valence-electron chi connectivity index (χ3n) is 6.21. The molecule has 1 fully saturated rings. The van der Waals surface area contributed by atoms with Crippen molar-refractivity contribution in [2.45, 2.75) is 71.9 Å². The summed E-state index contributed by atoms with van der Waals surface area (Å²) in [4.78, 5) is 17.8. The van der Waals surface area contributed by atoms with E-state index in [1.807, 2.05) is 45.7 Å². The standard InChI is InChI=1S/C23H26Cl2N2O.2C2H6/c1-26(22(28)15-16-8-10-19(24)20(25)14-16)23-18-7-3-2-6-17(18)9-11-21(23)27-12-4-5-13-27;2*1-2/h2-3,6-8,10,14,21,23H,4-5,9,11-13,15H2,1H3;2*1-2H3. The van der Waals surface area contributed by atoms with Crippen LogP contribution in [0.5, 0.6) is 0 Å². The number of benzene rings is 2. The third-order valence-corrected chi connectivity index (χ3v) is 6.95. The lowest BCUT2D eigenvalue weighted by atomic mass is 9.82. The van der Waals surface area contributed by atoms with Crippen molar-refractivity contribution in [3.8, 4) is 0 Å². The van der Waals surface area contributed by atoms with Gasteiger partial charge in [-0.1, -0.05) is 81.2 Å². The van der Waals surface area contributed by atoms with Gasteiger partial charge in [-0.15, -0.1) is 0 Å². The lowest BCUT2D eigenvalue weighted by Gasteiger charge is -2.43. The van der Waals surface area contributed by atoms with Crippen molar-refractivity contribution in [3.63, 3.8) is 0 Å². The number of rotatable bonds is 4. The Labute approximate surface area is 204 Å². The van der Waals surface area contributed by atoms with Crippen LogP contribution in [0.2, 0.25) is 10.0 Å². The van der Waals surface area contributed by atoms with E-state index in [9.17, 15) is 4.79 Å². The Hall–Kier alpha value is -1.55. The molecule has 0 bridgehead atoms. The Kier molecular flexibility index (Phi) is 11.0. The first kappa shape index (κ1) is 26.7. The van der Waals surface area contributed by atoms with E-state index in [1.165, 1.54) is 24.0 Å². The molecule has 2 aromatic rings. The Bertz CT molecular complexity index is 864. The first-order valence-corrected chi connectivity index (χ1v) is 12.8. The number of amides is 1. The minimum Gasteiger partial charge on any atom is -0.337 e. The molecule has 1 saturated heterocycles. The highest BCUT2D eigenvalue weighted by molar-refractivity contribution is 6.42. The minimum atomic E-state index is 0.0957. The zero-order valence-corrected chi connectivity index (χ0v) is 21.7. The topological polar surface area (TPSA) is 23.6 Å². The van der Waals surface area contributed by atoms with Crippen LogP contribution in [-0.2, 0) is 17.6 Å². The van der Waals surface area contributed by atoms with Crippen molar-refractivity contribution >= 4 is 29.1 Å². The molecular weight excluding hydrogens is 439 g/mol. The first-order chi connectivity index (χ1) is 15.5. The molecule has 32 heavy (non-hydrogen) atoms. The molecule has 0 saturated carbocycles. The molecule has 1 aliphatic heterocycles. The van der Waals surface area contributed by atoms with E-state index in [2.05, 4.69) is 29.2 Å². The van der Waals surface area contributed by atoms with Gasteiger partial charge in [-0.05, 0) is 67.6 Å². The van der Waals surface area contributed by atoms with Crippen LogP contribution in [0.3, 0.4) is 0 Å². The van der Waals surface area contributed by atoms with E-state index in [-0.39, 0.29) is 11.9 Å². The Balaban J connectivity index is 0.000000860. The van der Waals surface area contributed by atoms with E-state index >= 15 is 0 Å². The predicted molar refractivity (Wildman–Crippen MR) is 138 cm³/mol. The van der Waals surface area contributed by atoms with E-state index in [4.69, 9.17) is 23.2 Å². The highest BCUT2D eigenvalue weighted by Crippen LogP contribution is 2.38. The van der Waals surface area contributed by atoms with Crippen molar-refractivity contribution in [1.82, 2.24) is 9.80 Å². The van der Waals surface area contributed by atoms with E-state index in [1.54, 1.807) is 12.1 Å². The second kappa shape index (κ2) is 13.2. The van der Waals surface area contributed by atoms with Crippen LogP contribution in [0.15, 0.2) is 42.5 Å². The number of likely N-dealkylation sites (N-methyl/N-ethyl adjacent to an activating group) is 1. The molecule has 1 heterocycles. The van der Waals surface area contributed by atoms with Crippen molar-refractivity contribution in [1.29, 1.82) is 0 Å². The first-order valence-electron chi connectivity index (χ1n) is 12.1. The highest BCUT2D eigenvalue weighted by atomic mass is 35.5. The summed E-state index contributed by atoms with van der Waals surface area (Å²) in [6.45, 7) is 10.3. The average Bonchev–Trinajstić information content (AvgIpc) is 3.37. The molecule has 0 spiro atoms. The lowest BCUT2D eigenvalue weighted by Crippen LogP contribution is -2.48. The fourth-order valence-electron chi connectivity index (χ4n) is 4.75. The van der Waals surface area contributed by atoms with Crippen molar-refractivity contribution in [3.05, 3.63) is 69.2 Å². The summed E-state index contributed by atoms with van der Waals surface area (Å²) < 4.78 is 0. The summed E-state index contributed by atoms with van der Waals surface area (Å²) in [5.74, 6) is 0.115. The van der Waals surface area contributed by atoms with Crippen LogP contribution in [-0.4, -0.2) is 41.9 Å². The lowest BCUT2D eigenvalue weighted by molar-refractivity contribution is -0.133. The second-order valence-electron chi connectivity index (χ2n) is 7.92. The molecule has 0 aromatic heterocycles. The Morgan fingerprint density at radius 1 is 1.00 bits per heavy atom. The van der Waals surface area contributed by atoms with Gasteiger partial charge in [-0.3, -0.25) is 9.69 Å². The maximum Gasteiger partial charge on any atom is 0.227 e. The number of hydrogen-bond acceptors (Lipinski definition) is 2. The van der Waals surface area contributed by atoms with Crippen LogP contribution in [0.25, 0.3) is 0 Å². The average molecular weight is 478 g/mol. The van der Waals surface area contributed by atoms with Gasteiger partial charge in [0.05, 0.1) is 22.5 Å². The summed E-state index contributed by atoms with van der Waals surface area (Å²) >= 11 is 12.2. The fraction of sp³-hybridized carbons (Fsp3) is 0.519. The molecule has 1 aliphatic carbocycles. The fourth-order valence-corrected chi connectivity index (χ4v) is 5.07. The van der Waals surface area contributed by atoms with Crippen LogP contribution in [0, 0.1) is 0 Å². The van der Waals surface area contributed by atoms with E-state index in [0.29, 0.717) is 22.5 Å². The molecule has 3 nitrogen and oxygen atoms in total. The van der Waals surface area contributed by atoms with E-state index < -0.39 is 0 Å². The molecule has 176 valence electrons. The summed E-state index contributed by atoms with van der Waals surface area (Å²) in [6, 6.07) is 14.5. The summed E-state index contributed by atoms with van der Waals surface area (Å²) in [6.07, 6.45) is 5.03. The van der Waals surface area contributed by atoms with Crippen LogP contribution in [0.1, 0.15) is 69.7 Å². The normalized spacial score (nSPS) is 19.7. The minimum absolute atomic E-state index is 0.0957. The summed E-state index contributed by atoms with van der Waals surface area (Å²) in [5.41, 5.74) is 3.57. The number of fused-ring (bicyclic) bond motifs is 1. The molecule has 2 unspecified atom stereocenters. The molecule has 1 amide bonds. The third kappa shape index (κ3) is 6.27. The van der Waals surface area contributed by atoms with Gasteiger partial charge < -0.3 is 4.90 Å². The Morgan fingerprint density at radius 2 is 1.66 bits per heavy atom. The number of carbonyl (C=O) groups excluding carboxylic acids is 1. The highest BCUT2D eigenvalue weighted by Gasteiger charge is 2.38. The number of nitrogens with zero attached hydrogens (tertiary/aromatic N) is 2. The van der Waals surface area contributed by atoms with Gasteiger partial charge in [0.15, 0.2) is 0 Å². The van der Waals surface area contributed by atoms with Gasteiger partial charge in [0, 0.05) is 13.1 Å². The van der Waals surface area contributed by atoms with Crippen LogP contribution < -0.4 is 0 Å². The van der Waals surface area contributed by atoms with Crippen molar-refractivity contribution in [2.75, 3.05) is 20.1 Å². The zero-order chi connectivity index (χ0) is 23.7. The molecule has 2 aromatic carbocycles. The SMILES string of the molecule is CC.CC.CN(C(=O)Cc1ccc(Cl)c(Cl)c1)C1c2ccccc2CCC1N1CCCC1. The smallest absolute Gasteiger partial charge is 0.227 e. The van der Waals surface area contributed by atoms with Crippen molar-refractivity contribution in [2.24, 2.45) is 0 Å². The van der Waals surface area contributed by atoms with E-state index in [0.717, 1.165) is 31.5 Å². The van der Waals surface area contributed by atoms with Gasteiger partial charge in [-0.25, -0.2) is 0 Å². The molecule has 2 atom stereocenters. The molecule has 4 rings (SSSR count). The predicted octanol–water partition coefficient (Wildman–Crippen LogP) is 7.20. The molecule has 0 radical (unpaired) electrons. The van der Waals surface area contributed by atoms with Gasteiger partial charge in [0.2, 0.25) is 5.91 Å². The number of halogens is 2. The van der Waals surface area contributed by atoms with Gasteiger partial charge in [-0.2, -0.15) is 0 Å². The zero-order valence-electron chi connectivity index (χ0n) is 20.2. The quantitative estimate of drug-likeness (QED) is 0.465. The summed E-state index contributed by atoms with van der Waals surface area (Å²) in [7, 11) is 1.95. The molecule has 5 heteroatoms. The maximum absolute atomic E-state index is 13.2. The van der Waals surface area contributed by atoms with Gasteiger partial charge in [0.1, 0.15) is 0 Å². The van der Waals surface area contributed by atoms with Gasteiger partial charge in [0.25, 0.3) is 0 Å². The number of hydrogen-bond donors (Lipinski definition) is 0. The monoisotopic (exact) mass is 476 g/mol. The molecule has 0 N–H and O–H groups in total. The van der Waals surface area contributed by atoms with Crippen LogP contribution in [0.4, 0.5) is 0 Å². The number of aryl methyl sites for hydroxylation is 1. The second-order valence-corrected chi connectivity index (χ2v) is 8.74. The molecule has 2 aliphatic rings. The maximum atomic E-state index is 13.2. The summed E-state index contributed by atoms with van der Waals surface area (Å²) in [5, 5.41) is 1.01. The van der Waals surface area contributed by atoms with Gasteiger partial charge >= 0.3 is 0 Å². The van der Waals surface area contributed by atoms with Crippen LogP contribution >= 0.6 is 23.2 Å².